The zero-order valence-corrected chi connectivity index (χ0v) is 61.9. The molecule has 2 N–H and O–H groups in total. The van der Waals surface area contributed by atoms with Crippen molar-refractivity contribution in [3.63, 3.8) is 0 Å². The van der Waals surface area contributed by atoms with Crippen molar-refractivity contribution < 1.29 is 0 Å². The maximum Gasteiger partial charge on any atom is 0.0373 e. The first-order valence-electron chi connectivity index (χ1n) is 6.57. The van der Waals surface area contributed by atoms with Crippen LogP contribution in [0.25, 0.3) is 0 Å². The molecule has 2 nitrogen and oxygen atoms in total. The average Bonchev–Trinajstić information content (AvgIpc) is 3.08. The van der Waals surface area contributed by atoms with E-state index >= 15 is 0 Å². The lowest BCUT2D eigenvalue weighted by atomic mass is 10.2. The van der Waals surface area contributed by atoms with Gasteiger partial charge in [-0.1, -0.05) is 36.4 Å². The summed E-state index contributed by atoms with van der Waals surface area (Å²) in [6, 6.07) is 16.9. The molecule has 0 fully saturated rings. The molecule has 2 aliphatic rings. The number of halogens is 42. The molecule has 44 heteroatoms. The second kappa shape index (κ2) is 246. The summed E-state index contributed by atoms with van der Waals surface area (Å²) in [6.07, 6.45) is 2.38. The van der Waals surface area contributed by atoms with E-state index in [0.29, 0.717) is 0 Å². The molecule has 0 saturated heterocycles. The second-order valence-electron chi connectivity index (χ2n) is 4.67. The minimum Gasteiger partial charge on any atom is -0.384 e. The van der Waals surface area contributed by atoms with Gasteiger partial charge in [0.2, 0.25) is 0 Å². The highest BCUT2D eigenvalue weighted by molar-refractivity contribution is 5.90. The molecular weight excluding hydrogens is 1710 g/mol. The van der Waals surface area contributed by atoms with Crippen LogP contribution in [-0.4, -0.2) is 13.1 Å². The Morgan fingerprint density at radius 3 is 0.467 bits per heavy atom. The number of benzene rings is 2. The number of hydrogen-bond donors (Lipinski definition) is 2. The van der Waals surface area contributed by atoms with Gasteiger partial charge in [-0.3, -0.25) is 0 Å². The minimum absolute atomic E-state index is 0. The van der Waals surface area contributed by atoms with Crippen LogP contribution in [0.4, 0.5) is 11.4 Å². The Morgan fingerprint density at radius 1 is 0.200 bits per heavy atom. The molecule has 0 saturated carbocycles. The predicted octanol–water partition coefficient (Wildman–Crippen LogP) is 21.0. The van der Waals surface area contributed by atoms with Crippen LogP contribution in [0.3, 0.4) is 0 Å². The van der Waals surface area contributed by atoms with Crippen molar-refractivity contribution >= 4 is 532 Å². The van der Waals surface area contributed by atoms with Gasteiger partial charge in [-0.2, -0.15) is 0 Å². The van der Waals surface area contributed by atoms with Gasteiger partial charge in [0.05, 0.1) is 0 Å². The fourth-order valence-electron chi connectivity index (χ4n) is 2.49. The standard InChI is InChI=1S/2C8H9N.42ClH/c2*1-2-4-8-7(3-1)5-6-9-8;;;;;;;;;;;;;;;;;;;;;;;;;;;;;;;;;;;;;;;;;;/h2*1-4,9H,5-6H2;42*1H. The Kier molecular flexibility index (Phi) is 1510. The summed E-state index contributed by atoms with van der Waals surface area (Å²) in [6.45, 7) is 2.22. The molecule has 2 aromatic carbocycles. The van der Waals surface area contributed by atoms with E-state index in [4.69, 9.17) is 0 Å². The maximum atomic E-state index is 3.30. The summed E-state index contributed by atoms with van der Waals surface area (Å²) in [5, 5.41) is 6.60. The van der Waals surface area contributed by atoms with E-state index in [9.17, 15) is 0 Å². The molecule has 0 bridgehead atoms. The van der Waals surface area contributed by atoms with Crippen molar-refractivity contribution in [1.29, 1.82) is 0 Å². The van der Waals surface area contributed by atoms with Crippen molar-refractivity contribution in [3.05, 3.63) is 59.7 Å². The number of rotatable bonds is 0. The maximum absolute atomic E-state index is 3.30. The third-order valence-electron chi connectivity index (χ3n) is 3.45. The van der Waals surface area contributed by atoms with Crippen molar-refractivity contribution in [2.75, 3.05) is 23.7 Å². The molecular formula is C16H60Cl42N2. The van der Waals surface area contributed by atoms with E-state index in [2.05, 4.69) is 59.2 Å². The average molecular weight is 1770 g/mol. The summed E-state index contributed by atoms with van der Waals surface area (Å²) in [4.78, 5) is 0. The largest absolute Gasteiger partial charge is 0.384 e. The first kappa shape index (κ1) is 368. The normalized spacial score (nSPS) is 4.40. The van der Waals surface area contributed by atoms with E-state index in [-0.39, 0.29) is 521 Å². The lowest BCUT2D eigenvalue weighted by molar-refractivity contribution is 1.11. The van der Waals surface area contributed by atoms with Gasteiger partial charge in [-0.25, -0.2) is 0 Å². The third kappa shape index (κ3) is 158. The van der Waals surface area contributed by atoms with Crippen molar-refractivity contribution in [1.82, 2.24) is 0 Å². The van der Waals surface area contributed by atoms with Crippen LogP contribution in [0, 0.1) is 0 Å². The fraction of sp³-hybridized carbons (Fsp3) is 0.250. The number of anilines is 2. The van der Waals surface area contributed by atoms with Crippen LogP contribution in [0.15, 0.2) is 48.5 Å². The Labute approximate surface area is 618 Å². The molecule has 2 aromatic rings. The molecule has 2 aliphatic heterocycles. The highest BCUT2D eigenvalue weighted by Crippen LogP contribution is 2.20. The van der Waals surface area contributed by atoms with Crippen LogP contribution in [0.5, 0.6) is 0 Å². The van der Waals surface area contributed by atoms with E-state index in [0.717, 1.165) is 13.1 Å². The number of para-hydroxylation sites is 2. The Balaban J connectivity index is -0.00000000206. The second-order valence-corrected chi connectivity index (χ2v) is 4.67. The Morgan fingerprint density at radius 2 is 0.333 bits per heavy atom. The monoisotopic (exact) mass is 1750 g/mol. The lowest BCUT2D eigenvalue weighted by Gasteiger charge is -1.94. The minimum atomic E-state index is 0. The molecule has 0 radical (unpaired) electrons. The third-order valence-corrected chi connectivity index (χ3v) is 3.45. The molecule has 428 valence electrons. The summed E-state index contributed by atoms with van der Waals surface area (Å²) < 4.78 is 0. The first-order valence-corrected chi connectivity index (χ1v) is 6.57. The molecule has 0 spiro atoms. The number of hydrogen-bond acceptors (Lipinski definition) is 2. The zero-order valence-electron chi connectivity index (χ0n) is 27.6. The van der Waals surface area contributed by atoms with Crippen molar-refractivity contribution in [2.24, 2.45) is 0 Å². The van der Waals surface area contributed by atoms with Gasteiger partial charge >= 0.3 is 0 Å². The van der Waals surface area contributed by atoms with E-state index in [1.54, 1.807) is 0 Å². The molecule has 0 atom stereocenters. The van der Waals surface area contributed by atoms with Gasteiger partial charge < -0.3 is 10.6 Å². The first-order chi connectivity index (χ1) is 8.93. The number of fused-ring (bicyclic) bond motifs is 2. The SMILES string of the molecule is Cl.Cl.Cl.Cl.Cl.Cl.Cl.Cl.Cl.Cl.Cl.Cl.Cl.Cl.Cl.Cl.Cl.Cl.Cl.Cl.Cl.Cl.Cl.Cl.Cl.Cl.Cl.Cl.Cl.Cl.Cl.Cl.Cl.Cl.Cl.Cl.Cl.Cl.Cl.Cl.Cl.Cl.c1ccc2c(c1)CCN2.c1ccc2c(c1)CCN2. The van der Waals surface area contributed by atoms with E-state index in [1.165, 1.54) is 35.3 Å². The topological polar surface area (TPSA) is 24.1 Å². The molecule has 4 rings (SSSR count). The van der Waals surface area contributed by atoms with Crippen LogP contribution in [-0.2, 0) is 12.8 Å². The summed E-state index contributed by atoms with van der Waals surface area (Å²) in [7, 11) is 0. The summed E-state index contributed by atoms with van der Waals surface area (Å²) in [5.74, 6) is 0. The van der Waals surface area contributed by atoms with Gasteiger partial charge in [0.15, 0.2) is 0 Å². The summed E-state index contributed by atoms with van der Waals surface area (Å²) >= 11 is 0. The van der Waals surface area contributed by atoms with E-state index < -0.39 is 0 Å². The zero-order chi connectivity index (χ0) is 12.2. The van der Waals surface area contributed by atoms with Crippen LogP contribution in [0.2, 0.25) is 0 Å². The quantitative estimate of drug-likeness (QED) is 0.275. The predicted molar refractivity (Wildman–Crippen MR) is 382 cm³/mol. The molecule has 0 aromatic heterocycles. The summed E-state index contributed by atoms with van der Waals surface area (Å²) in [5.41, 5.74) is 5.55. The number of nitrogens with one attached hydrogen (secondary N) is 2. The van der Waals surface area contributed by atoms with Crippen LogP contribution < -0.4 is 10.6 Å². The Hall–Kier alpha value is 10.2. The van der Waals surface area contributed by atoms with Crippen LogP contribution in [0.1, 0.15) is 11.1 Å². The van der Waals surface area contributed by atoms with E-state index in [1.807, 2.05) is 0 Å². The molecule has 2 heterocycles. The molecule has 0 amide bonds. The molecule has 60 heavy (non-hydrogen) atoms. The smallest absolute Gasteiger partial charge is 0.0373 e. The Bertz CT molecular complexity index is 492. The fourth-order valence-corrected chi connectivity index (χ4v) is 2.49. The highest BCUT2D eigenvalue weighted by Gasteiger charge is 2.06. The van der Waals surface area contributed by atoms with Crippen molar-refractivity contribution in [2.45, 2.75) is 12.8 Å². The van der Waals surface area contributed by atoms with Crippen LogP contribution >= 0.6 is 521 Å². The van der Waals surface area contributed by atoms with Crippen molar-refractivity contribution in [3.8, 4) is 0 Å². The van der Waals surface area contributed by atoms with Gasteiger partial charge in [-0.05, 0) is 36.1 Å². The van der Waals surface area contributed by atoms with Gasteiger partial charge in [0.25, 0.3) is 0 Å². The van der Waals surface area contributed by atoms with Gasteiger partial charge in [-0.15, -0.1) is 521 Å². The van der Waals surface area contributed by atoms with Gasteiger partial charge in [0, 0.05) is 24.5 Å². The highest BCUT2D eigenvalue weighted by atomic mass is 35.5. The van der Waals surface area contributed by atoms with Gasteiger partial charge in [0.1, 0.15) is 0 Å². The molecule has 0 aliphatic carbocycles. The lowest BCUT2D eigenvalue weighted by Crippen LogP contribution is -1.90. The molecule has 0 unspecified atom stereocenters.